The highest BCUT2D eigenvalue weighted by Crippen LogP contribution is 2.21. The average Bonchev–Trinajstić information content (AvgIpc) is 2.74. The van der Waals surface area contributed by atoms with Gasteiger partial charge in [0, 0.05) is 18.8 Å². The summed E-state index contributed by atoms with van der Waals surface area (Å²) in [6.45, 7) is 2.93. The Labute approximate surface area is 99.0 Å². The van der Waals surface area contributed by atoms with Gasteiger partial charge in [0.05, 0.1) is 5.92 Å². The molecule has 1 saturated heterocycles. The fourth-order valence-electron chi connectivity index (χ4n) is 1.80. The minimum Gasteiger partial charge on any atom is -0.481 e. The summed E-state index contributed by atoms with van der Waals surface area (Å²) in [4.78, 5) is 23.9. The monoisotopic (exact) mass is 234 g/mol. The first kappa shape index (κ1) is 11.4. The number of nitrogens with one attached hydrogen (secondary N) is 1. The molecule has 0 aromatic heterocycles. The lowest BCUT2D eigenvalue weighted by atomic mass is 10.0. The van der Waals surface area contributed by atoms with Crippen LogP contribution in [-0.4, -0.2) is 30.2 Å². The second kappa shape index (κ2) is 4.45. The Morgan fingerprint density at radius 1 is 1.41 bits per heavy atom. The normalized spacial score (nSPS) is 16.8. The summed E-state index contributed by atoms with van der Waals surface area (Å²) in [5.74, 6) is -1.38. The molecule has 1 fully saturated rings. The van der Waals surface area contributed by atoms with Gasteiger partial charge in [-0.3, -0.25) is 9.69 Å². The van der Waals surface area contributed by atoms with Gasteiger partial charge in [-0.05, 0) is 24.6 Å². The molecule has 5 nitrogen and oxygen atoms in total. The maximum absolute atomic E-state index is 11.4. The first-order valence-corrected chi connectivity index (χ1v) is 5.47. The number of hydrogen-bond donors (Lipinski definition) is 2. The summed E-state index contributed by atoms with van der Waals surface area (Å²) in [5, 5.41) is 11.6. The third kappa shape index (κ3) is 2.22. The highest BCUT2D eigenvalue weighted by Gasteiger charge is 2.21. The first-order valence-electron chi connectivity index (χ1n) is 5.47. The molecule has 90 valence electrons. The maximum atomic E-state index is 11.4. The highest BCUT2D eigenvalue weighted by molar-refractivity contribution is 5.94. The molecule has 0 radical (unpaired) electrons. The number of amides is 2. The zero-order chi connectivity index (χ0) is 12.4. The van der Waals surface area contributed by atoms with Gasteiger partial charge in [-0.1, -0.05) is 12.1 Å². The number of carboxylic acids is 1. The molecule has 1 aromatic rings. The number of benzene rings is 1. The van der Waals surface area contributed by atoms with Crippen LogP contribution in [0.1, 0.15) is 18.4 Å². The summed E-state index contributed by atoms with van der Waals surface area (Å²) < 4.78 is 0. The topological polar surface area (TPSA) is 69.6 Å². The smallest absolute Gasteiger partial charge is 0.321 e. The molecule has 1 aliphatic rings. The molecule has 0 saturated carbocycles. The van der Waals surface area contributed by atoms with Crippen molar-refractivity contribution in [1.29, 1.82) is 0 Å². The minimum atomic E-state index is -0.850. The van der Waals surface area contributed by atoms with Crippen molar-refractivity contribution in [3.05, 3.63) is 29.8 Å². The van der Waals surface area contributed by atoms with Crippen molar-refractivity contribution in [2.24, 2.45) is 0 Å². The summed E-state index contributed by atoms with van der Waals surface area (Å²) in [6, 6.07) is 6.95. The molecule has 1 aliphatic heterocycles. The van der Waals surface area contributed by atoms with Crippen LogP contribution in [-0.2, 0) is 4.79 Å². The van der Waals surface area contributed by atoms with Crippen LogP contribution in [0.25, 0.3) is 0 Å². The third-order valence-electron chi connectivity index (χ3n) is 2.93. The van der Waals surface area contributed by atoms with Crippen molar-refractivity contribution in [3.63, 3.8) is 0 Å². The largest absolute Gasteiger partial charge is 0.481 e. The minimum absolute atomic E-state index is 0.107. The molecule has 5 heteroatoms. The van der Waals surface area contributed by atoms with Crippen molar-refractivity contribution in [2.75, 3.05) is 18.0 Å². The predicted molar refractivity (Wildman–Crippen MR) is 63.2 cm³/mol. The fourth-order valence-corrected chi connectivity index (χ4v) is 1.80. The van der Waals surface area contributed by atoms with Crippen molar-refractivity contribution in [3.8, 4) is 0 Å². The summed E-state index contributed by atoms with van der Waals surface area (Å²) in [5.41, 5.74) is 1.53. The molecular formula is C12H14N2O3. The highest BCUT2D eigenvalue weighted by atomic mass is 16.4. The molecule has 2 rings (SSSR count). The Balaban J connectivity index is 2.18. The Morgan fingerprint density at radius 3 is 2.53 bits per heavy atom. The van der Waals surface area contributed by atoms with Crippen molar-refractivity contribution in [1.82, 2.24) is 5.32 Å². The van der Waals surface area contributed by atoms with Gasteiger partial charge in [-0.2, -0.15) is 0 Å². The van der Waals surface area contributed by atoms with E-state index >= 15 is 0 Å². The van der Waals surface area contributed by atoms with E-state index in [4.69, 9.17) is 5.11 Å². The summed E-state index contributed by atoms with van der Waals surface area (Å²) >= 11 is 0. The Hall–Kier alpha value is -2.04. The van der Waals surface area contributed by atoms with E-state index in [-0.39, 0.29) is 6.03 Å². The van der Waals surface area contributed by atoms with E-state index in [9.17, 15) is 9.59 Å². The van der Waals surface area contributed by atoms with E-state index in [1.165, 1.54) is 0 Å². The van der Waals surface area contributed by atoms with Gasteiger partial charge in [0.15, 0.2) is 0 Å². The number of nitrogens with zero attached hydrogens (tertiary/aromatic N) is 1. The second-order valence-electron chi connectivity index (χ2n) is 4.04. The molecule has 1 aromatic carbocycles. The average molecular weight is 234 g/mol. The van der Waals surface area contributed by atoms with Crippen LogP contribution < -0.4 is 10.2 Å². The second-order valence-corrected chi connectivity index (χ2v) is 4.04. The van der Waals surface area contributed by atoms with Gasteiger partial charge in [0.2, 0.25) is 0 Å². The lowest BCUT2D eigenvalue weighted by Crippen LogP contribution is -2.27. The quantitative estimate of drug-likeness (QED) is 0.830. The zero-order valence-corrected chi connectivity index (χ0v) is 9.51. The lowest BCUT2D eigenvalue weighted by Gasteiger charge is -2.15. The van der Waals surface area contributed by atoms with Crippen LogP contribution in [0.5, 0.6) is 0 Å². The van der Waals surface area contributed by atoms with E-state index in [2.05, 4.69) is 5.32 Å². The standard InChI is InChI=1S/C12H14N2O3/c1-8(11(15)16)9-2-4-10(5-3-9)14-7-6-13-12(14)17/h2-5,8H,6-7H2,1H3,(H,13,17)(H,15,16)/t8-/m0/s1. The number of urea groups is 1. The molecule has 0 spiro atoms. The van der Waals surface area contributed by atoms with Crippen LogP contribution in [0.3, 0.4) is 0 Å². The molecule has 17 heavy (non-hydrogen) atoms. The number of hydrogen-bond acceptors (Lipinski definition) is 2. The maximum Gasteiger partial charge on any atom is 0.321 e. The van der Waals surface area contributed by atoms with Crippen LogP contribution in [0, 0.1) is 0 Å². The molecule has 0 unspecified atom stereocenters. The number of anilines is 1. The molecule has 0 bridgehead atoms. The van der Waals surface area contributed by atoms with Gasteiger partial charge < -0.3 is 10.4 Å². The first-order chi connectivity index (χ1) is 8.09. The lowest BCUT2D eigenvalue weighted by molar-refractivity contribution is -0.138. The SMILES string of the molecule is C[C@H](C(=O)O)c1ccc(N2CCNC2=O)cc1. The molecule has 1 heterocycles. The van der Waals surface area contributed by atoms with Crippen LogP contribution >= 0.6 is 0 Å². The van der Waals surface area contributed by atoms with Crippen LogP contribution in [0.15, 0.2) is 24.3 Å². The van der Waals surface area contributed by atoms with Crippen LogP contribution in [0.2, 0.25) is 0 Å². The van der Waals surface area contributed by atoms with Crippen molar-refractivity contribution in [2.45, 2.75) is 12.8 Å². The number of carboxylic acid groups (broad SMARTS) is 1. The zero-order valence-electron chi connectivity index (χ0n) is 9.51. The van der Waals surface area contributed by atoms with E-state index < -0.39 is 11.9 Å². The number of rotatable bonds is 3. The van der Waals surface area contributed by atoms with Gasteiger partial charge >= 0.3 is 12.0 Å². The van der Waals surface area contributed by atoms with Crippen LogP contribution in [0.4, 0.5) is 10.5 Å². The molecule has 1 atom stereocenters. The predicted octanol–water partition coefficient (Wildman–Crippen LogP) is 1.40. The number of aliphatic carboxylic acids is 1. The van der Waals surface area contributed by atoms with E-state index in [1.54, 1.807) is 36.1 Å². The Morgan fingerprint density at radius 2 is 2.06 bits per heavy atom. The number of carbonyl (C=O) groups is 2. The number of carbonyl (C=O) groups excluding carboxylic acids is 1. The van der Waals surface area contributed by atoms with E-state index in [0.29, 0.717) is 13.1 Å². The Bertz CT molecular complexity index is 442. The molecule has 2 amide bonds. The van der Waals surface area contributed by atoms with Crippen molar-refractivity contribution >= 4 is 17.7 Å². The third-order valence-corrected chi connectivity index (χ3v) is 2.93. The van der Waals surface area contributed by atoms with Gasteiger partial charge in [0.25, 0.3) is 0 Å². The van der Waals surface area contributed by atoms with Gasteiger partial charge in [-0.25, -0.2) is 4.79 Å². The van der Waals surface area contributed by atoms with Gasteiger partial charge in [-0.15, -0.1) is 0 Å². The van der Waals surface area contributed by atoms with E-state index in [1.807, 2.05) is 0 Å². The van der Waals surface area contributed by atoms with Crippen molar-refractivity contribution < 1.29 is 14.7 Å². The summed E-state index contributed by atoms with van der Waals surface area (Å²) in [6.07, 6.45) is 0. The molecule has 2 N–H and O–H groups in total. The van der Waals surface area contributed by atoms with E-state index in [0.717, 1.165) is 11.3 Å². The summed E-state index contributed by atoms with van der Waals surface area (Å²) in [7, 11) is 0. The fraction of sp³-hybridized carbons (Fsp3) is 0.333. The molecule has 0 aliphatic carbocycles. The molecular weight excluding hydrogens is 220 g/mol. The Kier molecular flexibility index (Phi) is 2.99. The van der Waals surface area contributed by atoms with Gasteiger partial charge in [0.1, 0.15) is 0 Å².